The van der Waals surface area contributed by atoms with Gasteiger partial charge in [0.05, 0.1) is 18.1 Å². The van der Waals surface area contributed by atoms with E-state index in [0.29, 0.717) is 5.58 Å². The van der Waals surface area contributed by atoms with Gasteiger partial charge < -0.3 is 14.3 Å². The van der Waals surface area contributed by atoms with Gasteiger partial charge in [-0.15, -0.1) is 0 Å². The highest BCUT2D eigenvalue weighted by Crippen LogP contribution is 2.17. The van der Waals surface area contributed by atoms with Crippen LogP contribution in [0.1, 0.15) is 5.56 Å². The van der Waals surface area contributed by atoms with Crippen LogP contribution in [0, 0.1) is 0 Å². The number of carbonyl (C=O) groups excluding carboxylic acids is 1. The fraction of sp³-hybridized carbons (Fsp3) is 0.0769. The van der Waals surface area contributed by atoms with Crippen molar-refractivity contribution >= 4 is 23.0 Å². The first-order chi connectivity index (χ1) is 8.61. The highest BCUT2D eigenvalue weighted by atomic mass is 16.5. The number of aromatic hydroxyl groups is 1. The number of methoxy groups -OCH3 is 1. The van der Waals surface area contributed by atoms with Crippen molar-refractivity contribution in [2.45, 2.75) is 0 Å². The summed E-state index contributed by atoms with van der Waals surface area (Å²) < 4.78 is 9.65. The van der Waals surface area contributed by atoms with E-state index in [4.69, 9.17) is 4.42 Å². The maximum Gasteiger partial charge on any atom is 0.330 e. The normalized spacial score (nSPS) is 10.9. The van der Waals surface area contributed by atoms with E-state index in [-0.39, 0.29) is 22.1 Å². The number of carbonyl (C=O) groups is 1. The minimum Gasteiger partial charge on any atom is -0.508 e. The van der Waals surface area contributed by atoms with Gasteiger partial charge in [-0.25, -0.2) is 4.79 Å². The molecule has 0 spiro atoms. The van der Waals surface area contributed by atoms with E-state index in [1.165, 1.54) is 37.6 Å². The molecule has 1 N–H and O–H groups in total. The fourth-order valence-electron chi connectivity index (χ4n) is 1.48. The van der Waals surface area contributed by atoms with E-state index in [1.807, 2.05) is 0 Å². The summed E-state index contributed by atoms with van der Waals surface area (Å²) >= 11 is 0. The smallest absolute Gasteiger partial charge is 0.330 e. The summed E-state index contributed by atoms with van der Waals surface area (Å²) in [6, 6.07) is 4.24. The predicted octanol–water partition coefficient (Wildman–Crippen LogP) is 1.68. The Morgan fingerprint density at radius 3 is 2.94 bits per heavy atom. The molecular formula is C13H10O5. The van der Waals surface area contributed by atoms with Crippen LogP contribution in [0.15, 0.2) is 39.7 Å². The summed E-state index contributed by atoms with van der Waals surface area (Å²) in [7, 11) is 1.24. The predicted molar refractivity (Wildman–Crippen MR) is 65.2 cm³/mol. The zero-order chi connectivity index (χ0) is 13.1. The van der Waals surface area contributed by atoms with E-state index in [9.17, 15) is 14.7 Å². The van der Waals surface area contributed by atoms with Crippen LogP contribution in [0.5, 0.6) is 5.75 Å². The molecule has 0 aliphatic rings. The topological polar surface area (TPSA) is 76.7 Å². The summed E-state index contributed by atoms with van der Waals surface area (Å²) in [5.41, 5.74) is 0.249. The Morgan fingerprint density at radius 1 is 1.44 bits per heavy atom. The van der Waals surface area contributed by atoms with Crippen LogP contribution < -0.4 is 5.43 Å². The van der Waals surface area contributed by atoms with E-state index in [2.05, 4.69) is 4.74 Å². The molecule has 1 aromatic heterocycles. The van der Waals surface area contributed by atoms with Crippen LogP contribution in [-0.4, -0.2) is 18.2 Å². The molecule has 0 atom stereocenters. The van der Waals surface area contributed by atoms with Crippen LogP contribution in [0.3, 0.4) is 0 Å². The van der Waals surface area contributed by atoms with Gasteiger partial charge in [0.15, 0.2) is 5.43 Å². The molecule has 1 aromatic carbocycles. The first-order valence-electron chi connectivity index (χ1n) is 5.12. The second-order valence-electron chi connectivity index (χ2n) is 3.56. The van der Waals surface area contributed by atoms with Gasteiger partial charge in [0, 0.05) is 6.08 Å². The zero-order valence-electron chi connectivity index (χ0n) is 9.54. The molecule has 92 valence electrons. The summed E-state index contributed by atoms with van der Waals surface area (Å²) in [5, 5.41) is 9.58. The molecule has 0 aliphatic heterocycles. The van der Waals surface area contributed by atoms with Crippen LogP contribution in [0.2, 0.25) is 0 Å². The Hall–Kier alpha value is -2.56. The number of fused-ring (bicyclic) bond motifs is 1. The third-order valence-electron chi connectivity index (χ3n) is 2.38. The van der Waals surface area contributed by atoms with Crippen molar-refractivity contribution in [2.75, 3.05) is 7.11 Å². The molecule has 0 radical (unpaired) electrons. The molecule has 0 amide bonds. The molecule has 0 fully saturated rings. The lowest BCUT2D eigenvalue weighted by atomic mass is 10.1. The second kappa shape index (κ2) is 4.75. The van der Waals surface area contributed by atoms with E-state index < -0.39 is 5.97 Å². The van der Waals surface area contributed by atoms with Crippen molar-refractivity contribution in [3.63, 3.8) is 0 Å². The number of hydrogen-bond acceptors (Lipinski definition) is 5. The third-order valence-corrected chi connectivity index (χ3v) is 2.38. The first-order valence-corrected chi connectivity index (χ1v) is 5.12. The highest BCUT2D eigenvalue weighted by Gasteiger charge is 2.06. The Bertz CT molecular complexity index is 681. The highest BCUT2D eigenvalue weighted by molar-refractivity contribution is 5.88. The van der Waals surface area contributed by atoms with Gasteiger partial charge >= 0.3 is 5.97 Å². The summed E-state index contributed by atoms with van der Waals surface area (Å²) in [5.74, 6) is -0.589. The molecular weight excluding hydrogens is 236 g/mol. The summed E-state index contributed by atoms with van der Waals surface area (Å²) in [6.07, 6.45) is 3.68. The molecule has 5 nitrogen and oxygen atoms in total. The number of phenols is 1. The Balaban J connectivity index is 2.54. The molecule has 2 rings (SSSR count). The van der Waals surface area contributed by atoms with Crippen molar-refractivity contribution in [1.82, 2.24) is 0 Å². The first kappa shape index (κ1) is 11.9. The summed E-state index contributed by atoms with van der Waals surface area (Å²) in [4.78, 5) is 22.9. The molecule has 0 saturated carbocycles. The molecule has 5 heteroatoms. The van der Waals surface area contributed by atoms with Crippen LogP contribution in [-0.2, 0) is 9.53 Å². The van der Waals surface area contributed by atoms with Crippen molar-refractivity contribution in [3.05, 3.63) is 46.3 Å². The molecule has 1 heterocycles. The number of esters is 1. The van der Waals surface area contributed by atoms with Gasteiger partial charge in [0.1, 0.15) is 17.6 Å². The van der Waals surface area contributed by atoms with E-state index in [1.54, 1.807) is 0 Å². The van der Waals surface area contributed by atoms with Crippen LogP contribution in [0.4, 0.5) is 0 Å². The lowest BCUT2D eigenvalue weighted by Gasteiger charge is -1.99. The Morgan fingerprint density at radius 2 is 2.22 bits per heavy atom. The third kappa shape index (κ3) is 2.24. The van der Waals surface area contributed by atoms with Crippen molar-refractivity contribution < 1.29 is 19.1 Å². The number of phenolic OH excluding ortho intramolecular Hbond substituents is 1. The lowest BCUT2D eigenvalue weighted by molar-refractivity contribution is -0.134. The van der Waals surface area contributed by atoms with Gasteiger partial charge in [-0.1, -0.05) is 0 Å². The molecule has 0 saturated heterocycles. The number of hydrogen-bond donors (Lipinski definition) is 1. The van der Waals surface area contributed by atoms with Crippen molar-refractivity contribution in [2.24, 2.45) is 0 Å². The molecule has 18 heavy (non-hydrogen) atoms. The number of ether oxygens (including phenoxy) is 1. The lowest BCUT2D eigenvalue weighted by Crippen LogP contribution is -2.05. The van der Waals surface area contributed by atoms with E-state index in [0.717, 1.165) is 6.08 Å². The van der Waals surface area contributed by atoms with Gasteiger partial charge in [0.25, 0.3) is 0 Å². The minimum atomic E-state index is -0.564. The monoisotopic (exact) mass is 246 g/mol. The Labute approximate surface area is 102 Å². The maximum atomic E-state index is 12.0. The van der Waals surface area contributed by atoms with Crippen LogP contribution >= 0.6 is 0 Å². The largest absolute Gasteiger partial charge is 0.508 e. The Kier molecular flexibility index (Phi) is 3.14. The van der Waals surface area contributed by atoms with Crippen molar-refractivity contribution in [3.8, 4) is 5.75 Å². The van der Waals surface area contributed by atoms with Gasteiger partial charge in [0.2, 0.25) is 0 Å². The minimum absolute atomic E-state index is 0.0242. The number of benzene rings is 1. The maximum absolute atomic E-state index is 12.0. The SMILES string of the molecule is COC(=O)/C=C/c1coc2ccc(O)cc2c1=O. The summed E-state index contributed by atoms with van der Waals surface area (Å²) in [6.45, 7) is 0. The number of rotatable bonds is 2. The quantitative estimate of drug-likeness (QED) is 0.644. The molecule has 0 aliphatic carbocycles. The van der Waals surface area contributed by atoms with Gasteiger partial charge in [-0.2, -0.15) is 0 Å². The average molecular weight is 246 g/mol. The molecule has 0 bridgehead atoms. The van der Waals surface area contributed by atoms with Crippen LogP contribution in [0.25, 0.3) is 17.0 Å². The average Bonchev–Trinajstić information content (AvgIpc) is 2.38. The zero-order valence-corrected chi connectivity index (χ0v) is 9.54. The van der Waals surface area contributed by atoms with Gasteiger partial charge in [-0.3, -0.25) is 4.79 Å². The molecule has 2 aromatic rings. The second-order valence-corrected chi connectivity index (χ2v) is 3.56. The van der Waals surface area contributed by atoms with Gasteiger partial charge in [-0.05, 0) is 24.3 Å². The molecule has 0 unspecified atom stereocenters. The van der Waals surface area contributed by atoms with E-state index >= 15 is 0 Å². The fourth-order valence-corrected chi connectivity index (χ4v) is 1.48. The van der Waals surface area contributed by atoms with Crippen molar-refractivity contribution in [1.29, 1.82) is 0 Å². The standard InChI is InChI=1S/C13H10O5/c1-17-12(15)5-2-8-7-18-11-4-3-9(14)6-10(11)13(8)16/h2-7,14H,1H3/b5-2+.